The Labute approximate surface area is 122 Å². The van der Waals surface area contributed by atoms with Crippen molar-refractivity contribution in [1.82, 2.24) is 4.98 Å². The first-order valence-corrected chi connectivity index (χ1v) is 6.34. The molecule has 110 valence electrons. The second-order valence-corrected chi connectivity index (χ2v) is 4.35. The average molecular weight is 287 g/mol. The zero-order chi connectivity index (χ0) is 15.2. The normalized spacial score (nSPS) is 10.0. The van der Waals surface area contributed by atoms with Gasteiger partial charge in [-0.3, -0.25) is 0 Å². The van der Waals surface area contributed by atoms with E-state index in [2.05, 4.69) is 15.0 Å². The zero-order valence-electron chi connectivity index (χ0n) is 11.9. The van der Waals surface area contributed by atoms with Crippen molar-refractivity contribution in [2.24, 2.45) is 0 Å². The molecule has 21 heavy (non-hydrogen) atoms. The molecule has 0 saturated carbocycles. The van der Waals surface area contributed by atoms with Gasteiger partial charge in [0.1, 0.15) is 11.6 Å². The lowest BCUT2D eigenvalue weighted by molar-refractivity contribution is 0.0600. The Morgan fingerprint density at radius 2 is 2.10 bits per heavy atom. The number of hydrogen-bond acceptors (Lipinski definition) is 6. The summed E-state index contributed by atoms with van der Waals surface area (Å²) in [6.07, 6.45) is 1.55. The molecule has 1 aromatic carbocycles. The quantitative estimate of drug-likeness (QED) is 0.646. The Morgan fingerprint density at radius 1 is 1.29 bits per heavy atom. The van der Waals surface area contributed by atoms with Gasteiger partial charge in [0.25, 0.3) is 0 Å². The first kappa shape index (κ1) is 14.6. The number of ether oxygens (including phenoxy) is 2. The van der Waals surface area contributed by atoms with Crippen LogP contribution < -0.4 is 15.8 Å². The lowest BCUT2D eigenvalue weighted by Crippen LogP contribution is -2.06. The summed E-state index contributed by atoms with van der Waals surface area (Å²) in [5.41, 5.74) is 7.86. The topological polar surface area (TPSA) is 86.5 Å². The molecule has 2 rings (SSSR count). The molecule has 0 radical (unpaired) electrons. The fraction of sp³-hybridized carbons (Fsp3) is 0.200. The summed E-state index contributed by atoms with van der Waals surface area (Å²) < 4.78 is 9.78. The summed E-state index contributed by atoms with van der Waals surface area (Å²) in [4.78, 5) is 15.6. The number of aromatic nitrogens is 1. The van der Waals surface area contributed by atoms with E-state index in [0.29, 0.717) is 29.4 Å². The molecule has 1 heterocycles. The van der Waals surface area contributed by atoms with Gasteiger partial charge in [0.15, 0.2) is 0 Å². The molecule has 0 saturated heterocycles. The first-order chi connectivity index (χ1) is 10.1. The molecule has 0 aliphatic heterocycles. The third kappa shape index (κ3) is 3.62. The third-order valence-corrected chi connectivity index (χ3v) is 2.95. The van der Waals surface area contributed by atoms with Gasteiger partial charge in [-0.2, -0.15) is 0 Å². The van der Waals surface area contributed by atoms with Gasteiger partial charge in [0, 0.05) is 12.7 Å². The fourth-order valence-electron chi connectivity index (χ4n) is 1.86. The van der Waals surface area contributed by atoms with Gasteiger partial charge in [-0.05, 0) is 29.8 Å². The Morgan fingerprint density at radius 3 is 2.76 bits per heavy atom. The van der Waals surface area contributed by atoms with Gasteiger partial charge in [0.2, 0.25) is 0 Å². The number of anilines is 2. The predicted molar refractivity (Wildman–Crippen MR) is 80.3 cm³/mol. The number of pyridine rings is 1. The van der Waals surface area contributed by atoms with E-state index < -0.39 is 5.97 Å². The molecule has 0 aliphatic rings. The molecule has 0 atom stereocenters. The van der Waals surface area contributed by atoms with Gasteiger partial charge >= 0.3 is 5.97 Å². The van der Waals surface area contributed by atoms with Crippen LogP contribution in [0, 0.1) is 0 Å². The monoisotopic (exact) mass is 287 g/mol. The van der Waals surface area contributed by atoms with E-state index in [1.54, 1.807) is 25.4 Å². The summed E-state index contributed by atoms with van der Waals surface area (Å²) in [7, 11) is 2.92. The Balaban J connectivity index is 2.06. The van der Waals surface area contributed by atoms with Crippen LogP contribution in [0.4, 0.5) is 11.5 Å². The van der Waals surface area contributed by atoms with Crippen LogP contribution in [0.5, 0.6) is 5.75 Å². The first-order valence-electron chi connectivity index (χ1n) is 6.34. The van der Waals surface area contributed by atoms with Crippen molar-refractivity contribution in [3.05, 3.63) is 47.7 Å². The summed E-state index contributed by atoms with van der Waals surface area (Å²) in [6, 6.07) is 8.79. The number of rotatable bonds is 5. The van der Waals surface area contributed by atoms with Crippen molar-refractivity contribution in [2.45, 2.75) is 6.54 Å². The molecule has 1 aromatic heterocycles. The van der Waals surface area contributed by atoms with Crippen LogP contribution in [0.3, 0.4) is 0 Å². The number of carbonyl (C=O) groups is 1. The molecule has 0 unspecified atom stereocenters. The molecular formula is C15H17N3O3. The maximum atomic E-state index is 11.4. The number of benzene rings is 1. The van der Waals surface area contributed by atoms with E-state index in [4.69, 9.17) is 10.5 Å². The van der Waals surface area contributed by atoms with Crippen LogP contribution in [-0.2, 0) is 11.3 Å². The standard InChI is InChI=1S/C15H17N3O3/c1-20-13-4-3-10(7-12(13)16)9-18-14-8-11(5-6-17-14)15(19)21-2/h3-8H,9,16H2,1-2H3,(H,17,18). The van der Waals surface area contributed by atoms with Gasteiger partial charge < -0.3 is 20.5 Å². The molecule has 0 amide bonds. The van der Waals surface area contributed by atoms with Crippen molar-refractivity contribution in [1.29, 1.82) is 0 Å². The average Bonchev–Trinajstić information content (AvgIpc) is 2.52. The minimum Gasteiger partial charge on any atom is -0.495 e. The number of nitrogens with two attached hydrogens (primary N) is 1. The smallest absolute Gasteiger partial charge is 0.338 e. The number of methoxy groups -OCH3 is 2. The van der Waals surface area contributed by atoms with Crippen LogP contribution in [0.2, 0.25) is 0 Å². The van der Waals surface area contributed by atoms with Crippen molar-refractivity contribution in [3.63, 3.8) is 0 Å². The summed E-state index contributed by atoms with van der Waals surface area (Å²) >= 11 is 0. The summed E-state index contributed by atoms with van der Waals surface area (Å²) in [5.74, 6) is 0.839. The largest absolute Gasteiger partial charge is 0.495 e. The highest BCUT2D eigenvalue weighted by molar-refractivity contribution is 5.89. The highest BCUT2D eigenvalue weighted by Crippen LogP contribution is 2.22. The van der Waals surface area contributed by atoms with E-state index in [1.807, 2.05) is 18.2 Å². The molecule has 0 fully saturated rings. The van der Waals surface area contributed by atoms with E-state index in [-0.39, 0.29) is 0 Å². The molecule has 0 aliphatic carbocycles. The number of nitrogens with zero attached hydrogens (tertiary/aromatic N) is 1. The Hall–Kier alpha value is -2.76. The van der Waals surface area contributed by atoms with Gasteiger partial charge in [-0.15, -0.1) is 0 Å². The van der Waals surface area contributed by atoms with Crippen LogP contribution in [0.15, 0.2) is 36.5 Å². The number of carbonyl (C=O) groups excluding carboxylic acids is 1. The lowest BCUT2D eigenvalue weighted by atomic mass is 10.2. The van der Waals surface area contributed by atoms with Crippen LogP contribution in [0.1, 0.15) is 15.9 Å². The lowest BCUT2D eigenvalue weighted by Gasteiger charge is -2.09. The second kappa shape index (κ2) is 6.60. The number of nitrogen functional groups attached to an aromatic ring is 1. The summed E-state index contributed by atoms with van der Waals surface area (Å²) in [6.45, 7) is 0.534. The molecule has 2 aromatic rings. The molecular weight excluding hydrogens is 270 g/mol. The van der Waals surface area contributed by atoms with Crippen molar-refractivity contribution < 1.29 is 14.3 Å². The van der Waals surface area contributed by atoms with Gasteiger partial charge in [0.05, 0.1) is 25.5 Å². The van der Waals surface area contributed by atoms with Crippen molar-refractivity contribution >= 4 is 17.5 Å². The molecule has 0 spiro atoms. The highest BCUT2D eigenvalue weighted by Gasteiger charge is 2.06. The highest BCUT2D eigenvalue weighted by atomic mass is 16.5. The SMILES string of the molecule is COC(=O)c1ccnc(NCc2ccc(OC)c(N)c2)c1. The minimum absolute atomic E-state index is 0.394. The second-order valence-electron chi connectivity index (χ2n) is 4.35. The van der Waals surface area contributed by atoms with Crippen LogP contribution in [0.25, 0.3) is 0 Å². The van der Waals surface area contributed by atoms with Gasteiger partial charge in [-0.25, -0.2) is 9.78 Å². The van der Waals surface area contributed by atoms with E-state index in [9.17, 15) is 4.79 Å². The molecule has 6 nitrogen and oxygen atoms in total. The Kier molecular flexibility index (Phi) is 4.61. The van der Waals surface area contributed by atoms with E-state index in [0.717, 1.165) is 5.56 Å². The van der Waals surface area contributed by atoms with Crippen LogP contribution >= 0.6 is 0 Å². The number of nitrogens with one attached hydrogen (secondary N) is 1. The van der Waals surface area contributed by atoms with E-state index in [1.165, 1.54) is 7.11 Å². The molecule has 6 heteroatoms. The molecule has 0 bridgehead atoms. The van der Waals surface area contributed by atoms with E-state index >= 15 is 0 Å². The maximum Gasteiger partial charge on any atom is 0.338 e. The molecule has 3 N–H and O–H groups in total. The number of esters is 1. The maximum absolute atomic E-state index is 11.4. The predicted octanol–water partition coefficient (Wildman–Crippen LogP) is 2.07. The Bertz CT molecular complexity index is 644. The number of hydrogen-bond donors (Lipinski definition) is 2. The zero-order valence-corrected chi connectivity index (χ0v) is 11.9. The van der Waals surface area contributed by atoms with Crippen molar-refractivity contribution in [3.8, 4) is 5.75 Å². The third-order valence-electron chi connectivity index (χ3n) is 2.95. The van der Waals surface area contributed by atoms with Gasteiger partial charge in [-0.1, -0.05) is 6.07 Å². The fourth-order valence-corrected chi connectivity index (χ4v) is 1.86. The summed E-state index contributed by atoms with van der Waals surface area (Å²) in [5, 5.41) is 3.13. The van der Waals surface area contributed by atoms with Crippen molar-refractivity contribution in [2.75, 3.05) is 25.3 Å². The minimum atomic E-state index is -0.394. The van der Waals surface area contributed by atoms with Crippen LogP contribution in [-0.4, -0.2) is 25.2 Å².